The molecule has 2 heterocycles. The average Bonchev–Trinajstić information content (AvgIpc) is 2.37. The Morgan fingerprint density at radius 2 is 2.23 bits per heavy atom. The number of pyridine rings is 1. The molecule has 6 nitrogen and oxygen atoms in total. The van der Waals surface area contributed by atoms with E-state index in [1.807, 2.05) is 26.8 Å². The Balaban J connectivity index is 0.00000242. The van der Waals surface area contributed by atoms with Gasteiger partial charge in [-0.05, 0) is 39.7 Å². The molecule has 2 rings (SSSR count). The monoisotopic (exact) mass is 308 g/mol. The number of nitrogens with one attached hydrogen (secondary N) is 1. The van der Waals surface area contributed by atoms with E-state index in [4.69, 9.17) is 10.5 Å². The number of alkyl carbamates (subject to hydrolysis) is 1. The lowest BCUT2D eigenvalue weighted by Crippen LogP contribution is -2.49. The Morgan fingerprint density at radius 1 is 1.50 bits per heavy atom. The lowest BCUT2D eigenvalue weighted by atomic mass is 10.1. The SMILES string of the molecule is C.CC(C)(C)OC(=O)N[C@@H]1CCCN(c2ccncc2N)C1. The van der Waals surface area contributed by atoms with Crippen LogP contribution in [0.3, 0.4) is 0 Å². The van der Waals surface area contributed by atoms with E-state index in [1.165, 1.54) is 0 Å². The van der Waals surface area contributed by atoms with Gasteiger partial charge in [0.2, 0.25) is 0 Å². The van der Waals surface area contributed by atoms with Crippen molar-refractivity contribution >= 4 is 17.5 Å². The summed E-state index contributed by atoms with van der Waals surface area (Å²) in [6, 6.07) is 1.98. The van der Waals surface area contributed by atoms with Crippen LogP contribution in [0.4, 0.5) is 16.2 Å². The molecule has 0 aliphatic carbocycles. The van der Waals surface area contributed by atoms with Crippen molar-refractivity contribution in [2.75, 3.05) is 23.7 Å². The van der Waals surface area contributed by atoms with Crippen LogP contribution in [0.15, 0.2) is 18.5 Å². The lowest BCUT2D eigenvalue weighted by Gasteiger charge is -2.35. The molecule has 0 radical (unpaired) electrons. The van der Waals surface area contributed by atoms with Gasteiger partial charge in [-0.25, -0.2) is 4.79 Å². The Bertz CT molecular complexity index is 499. The first-order chi connectivity index (χ1) is 9.85. The third-order valence-corrected chi connectivity index (χ3v) is 3.31. The topological polar surface area (TPSA) is 80.5 Å². The van der Waals surface area contributed by atoms with Gasteiger partial charge in [-0.3, -0.25) is 4.98 Å². The standard InChI is InChI=1S/C15H24N4O2.CH4/c1-15(2,3)21-14(20)18-11-5-4-8-19(10-11)13-6-7-17-9-12(13)16;/h6-7,9,11H,4-5,8,10,16H2,1-3H3,(H,18,20);1H4/t11-;/m1./s1. The third-order valence-electron chi connectivity index (χ3n) is 3.31. The van der Waals surface area contributed by atoms with Crippen molar-refractivity contribution in [3.05, 3.63) is 18.5 Å². The summed E-state index contributed by atoms with van der Waals surface area (Å²) in [5, 5.41) is 2.94. The predicted octanol–water partition coefficient (Wildman–Crippen LogP) is 2.79. The number of carbonyl (C=O) groups excluding carboxylic acids is 1. The van der Waals surface area contributed by atoms with Crippen LogP contribution in [0.1, 0.15) is 41.0 Å². The zero-order valence-electron chi connectivity index (χ0n) is 12.9. The summed E-state index contributed by atoms with van der Waals surface area (Å²) in [5.41, 5.74) is 7.12. The molecule has 0 aromatic carbocycles. The number of nitrogens with two attached hydrogens (primary N) is 1. The number of rotatable bonds is 2. The Morgan fingerprint density at radius 3 is 2.86 bits per heavy atom. The highest BCUT2D eigenvalue weighted by Crippen LogP contribution is 2.25. The Hall–Kier alpha value is -1.98. The van der Waals surface area contributed by atoms with E-state index in [2.05, 4.69) is 15.2 Å². The molecule has 1 aromatic rings. The molecule has 22 heavy (non-hydrogen) atoms. The van der Waals surface area contributed by atoms with Gasteiger partial charge < -0.3 is 20.7 Å². The molecule has 1 aliphatic heterocycles. The Kier molecular flexibility index (Phi) is 6.02. The summed E-state index contributed by atoms with van der Waals surface area (Å²) in [4.78, 5) is 18.0. The summed E-state index contributed by atoms with van der Waals surface area (Å²) in [6.07, 6.45) is 4.97. The molecule has 124 valence electrons. The first-order valence-electron chi connectivity index (χ1n) is 7.29. The molecule has 0 saturated carbocycles. The van der Waals surface area contributed by atoms with E-state index in [0.717, 1.165) is 31.6 Å². The van der Waals surface area contributed by atoms with E-state index in [0.29, 0.717) is 5.69 Å². The van der Waals surface area contributed by atoms with Crippen molar-refractivity contribution in [1.82, 2.24) is 10.3 Å². The van der Waals surface area contributed by atoms with Crippen molar-refractivity contribution in [1.29, 1.82) is 0 Å². The second-order valence-corrected chi connectivity index (χ2v) is 6.37. The minimum atomic E-state index is -0.478. The molecular formula is C16H28N4O2. The van der Waals surface area contributed by atoms with E-state index >= 15 is 0 Å². The number of hydrogen-bond acceptors (Lipinski definition) is 5. The first kappa shape index (κ1) is 18.1. The molecule has 1 saturated heterocycles. The number of anilines is 2. The summed E-state index contributed by atoms with van der Waals surface area (Å²) >= 11 is 0. The van der Waals surface area contributed by atoms with Crippen LogP contribution >= 0.6 is 0 Å². The fraction of sp³-hybridized carbons (Fsp3) is 0.625. The molecule has 1 amide bonds. The maximum atomic E-state index is 11.9. The molecule has 1 aliphatic rings. The van der Waals surface area contributed by atoms with Crippen molar-refractivity contribution < 1.29 is 9.53 Å². The number of piperidine rings is 1. The maximum absolute atomic E-state index is 11.9. The normalized spacial score (nSPS) is 18.3. The summed E-state index contributed by atoms with van der Waals surface area (Å²) in [7, 11) is 0. The smallest absolute Gasteiger partial charge is 0.407 e. The highest BCUT2D eigenvalue weighted by Gasteiger charge is 2.25. The van der Waals surface area contributed by atoms with Gasteiger partial charge in [-0.2, -0.15) is 0 Å². The predicted molar refractivity (Wildman–Crippen MR) is 90.0 cm³/mol. The van der Waals surface area contributed by atoms with E-state index in [1.54, 1.807) is 12.4 Å². The van der Waals surface area contributed by atoms with Crippen LogP contribution in [0.5, 0.6) is 0 Å². The fourth-order valence-electron chi connectivity index (χ4n) is 2.48. The van der Waals surface area contributed by atoms with Crippen LogP contribution in [-0.4, -0.2) is 35.8 Å². The van der Waals surface area contributed by atoms with E-state index in [-0.39, 0.29) is 19.6 Å². The van der Waals surface area contributed by atoms with Gasteiger partial charge in [0, 0.05) is 25.3 Å². The molecule has 1 fully saturated rings. The van der Waals surface area contributed by atoms with Crippen molar-refractivity contribution in [2.45, 2.75) is 52.7 Å². The minimum Gasteiger partial charge on any atom is -0.444 e. The van der Waals surface area contributed by atoms with Gasteiger partial charge >= 0.3 is 6.09 Å². The largest absolute Gasteiger partial charge is 0.444 e. The molecule has 1 atom stereocenters. The van der Waals surface area contributed by atoms with Gasteiger partial charge in [0.25, 0.3) is 0 Å². The second-order valence-electron chi connectivity index (χ2n) is 6.37. The maximum Gasteiger partial charge on any atom is 0.407 e. The average molecular weight is 308 g/mol. The number of nitrogens with zero attached hydrogens (tertiary/aromatic N) is 2. The van der Waals surface area contributed by atoms with Crippen molar-refractivity contribution in [3.63, 3.8) is 0 Å². The lowest BCUT2D eigenvalue weighted by molar-refractivity contribution is 0.0500. The number of amides is 1. The van der Waals surface area contributed by atoms with Crippen LogP contribution in [-0.2, 0) is 4.74 Å². The summed E-state index contributed by atoms with van der Waals surface area (Å²) in [5.74, 6) is 0. The van der Waals surface area contributed by atoms with Crippen molar-refractivity contribution in [3.8, 4) is 0 Å². The molecule has 3 N–H and O–H groups in total. The van der Waals surface area contributed by atoms with Crippen LogP contribution in [0, 0.1) is 0 Å². The van der Waals surface area contributed by atoms with E-state index < -0.39 is 5.60 Å². The number of hydrogen-bond donors (Lipinski definition) is 2. The number of ether oxygens (including phenoxy) is 1. The van der Waals surface area contributed by atoms with Gasteiger partial charge in [-0.1, -0.05) is 7.43 Å². The molecule has 0 unspecified atom stereocenters. The minimum absolute atomic E-state index is 0. The molecule has 1 aromatic heterocycles. The molecule has 6 heteroatoms. The highest BCUT2D eigenvalue weighted by molar-refractivity contribution is 5.69. The summed E-state index contributed by atoms with van der Waals surface area (Å²) < 4.78 is 5.30. The molecule has 0 bridgehead atoms. The van der Waals surface area contributed by atoms with Gasteiger partial charge in [0.05, 0.1) is 17.6 Å². The zero-order chi connectivity index (χ0) is 15.5. The fourth-order valence-corrected chi connectivity index (χ4v) is 2.48. The summed E-state index contributed by atoms with van der Waals surface area (Å²) in [6.45, 7) is 7.24. The zero-order valence-corrected chi connectivity index (χ0v) is 12.9. The first-order valence-corrected chi connectivity index (χ1v) is 7.29. The van der Waals surface area contributed by atoms with Gasteiger partial charge in [0.15, 0.2) is 0 Å². The Labute approximate surface area is 133 Å². The van der Waals surface area contributed by atoms with E-state index in [9.17, 15) is 4.79 Å². The molecule has 0 spiro atoms. The number of aromatic nitrogens is 1. The third kappa shape index (κ3) is 5.09. The van der Waals surface area contributed by atoms with Gasteiger partial charge in [0.1, 0.15) is 5.60 Å². The second kappa shape index (κ2) is 7.33. The molecular weight excluding hydrogens is 280 g/mol. The van der Waals surface area contributed by atoms with Crippen LogP contribution < -0.4 is 16.0 Å². The van der Waals surface area contributed by atoms with Crippen molar-refractivity contribution in [2.24, 2.45) is 0 Å². The van der Waals surface area contributed by atoms with Gasteiger partial charge in [-0.15, -0.1) is 0 Å². The van der Waals surface area contributed by atoms with Crippen LogP contribution in [0.2, 0.25) is 0 Å². The highest BCUT2D eigenvalue weighted by atomic mass is 16.6. The number of nitrogen functional groups attached to an aromatic ring is 1. The quantitative estimate of drug-likeness (QED) is 0.878. The van der Waals surface area contributed by atoms with Crippen LogP contribution in [0.25, 0.3) is 0 Å². The number of carbonyl (C=O) groups is 1.